The van der Waals surface area contributed by atoms with Crippen LogP contribution in [0.1, 0.15) is 55.6 Å². The fourth-order valence-corrected chi connectivity index (χ4v) is 3.97. The molecule has 28 heavy (non-hydrogen) atoms. The summed E-state index contributed by atoms with van der Waals surface area (Å²) in [5.74, 6) is 1.61. The second kappa shape index (κ2) is 10.2. The van der Waals surface area contributed by atoms with Gasteiger partial charge in [-0.05, 0) is 43.6 Å². The van der Waals surface area contributed by atoms with Gasteiger partial charge in [-0.3, -0.25) is 4.79 Å². The van der Waals surface area contributed by atoms with Gasteiger partial charge in [0, 0.05) is 32.2 Å². The maximum Gasteiger partial charge on any atom is 0.272 e. The molecule has 0 saturated carbocycles. The smallest absolute Gasteiger partial charge is 0.272 e. The van der Waals surface area contributed by atoms with E-state index in [4.69, 9.17) is 0 Å². The highest BCUT2D eigenvalue weighted by Crippen LogP contribution is 2.25. The van der Waals surface area contributed by atoms with E-state index in [1.165, 1.54) is 11.9 Å². The van der Waals surface area contributed by atoms with Crippen LogP contribution >= 0.6 is 0 Å². The Morgan fingerprint density at radius 1 is 1.07 bits per heavy atom. The van der Waals surface area contributed by atoms with E-state index in [-0.39, 0.29) is 5.91 Å². The first-order valence-electron chi connectivity index (χ1n) is 10.6. The Bertz CT molecular complexity index is 735. The summed E-state index contributed by atoms with van der Waals surface area (Å²) in [6.45, 7) is 7.71. The van der Waals surface area contributed by atoms with Gasteiger partial charge in [-0.15, -0.1) is 0 Å². The van der Waals surface area contributed by atoms with Crippen molar-refractivity contribution in [2.24, 2.45) is 5.92 Å². The third-order valence-electron chi connectivity index (χ3n) is 5.45. The van der Waals surface area contributed by atoms with Crippen LogP contribution in [0.3, 0.4) is 0 Å². The lowest BCUT2D eigenvalue weighted by Gasteiger charge is -2.33. The average molecular weight is 381 g/mol. The lowest BCUT2D eigenvalue weighted by atomic mass is 9.90. The molecule has 0 aliphatic carbocycles. The zero-order chi connectivity index (χ0) is 19.8. The Morgan fingerprint density at radius 2 is 1.75 bits per heavy atom. The van der Waals surface area contributed by atoms with E-state index in [9.17, 15) is 4.79 Å². The van der Waals surface area contributed by atoms with Crippen LogP contribution < -0.4 is 4.90 Å². The van der Waals surface area contributed by atoms with Gasteiger partial charge in [0.1, 0.15) is 17.8 Å². The van der Waals surface area contributed by atoms with Gasteiger partial charge in [-0.25, -0.2) is 9.97 Å². The van der Waals surface area contributed by atoms with Crippen LogP contribution in [0.25, 0.3) is 0 Å². The van der Waals surface area contributed by atoms with Gasteiger partial charge in [0.25, 0.3) is 5.91 Å². The first kappa shape index (κ1) is 20.3. The van der Waals surface area contributed by atoms with Gasteiger partial charge in [0.05, 0.1) is 0 Å². The number of nitrogens with zero attached hydrogens (tertiary/aromatic N) is 4. The zero-order valence-electron chi connectivity index (χ0n) is 17.2. The Kier molecular flexibility index (Phi) is 7.40. The predicted molar refractivity (Wildman–Crippen MR) is 114 cm³/mol. The number of rotatable bonds is 8. The van der Waals surface area contributed by atoms with Crippen LogP contribution in [0.4, 0.5) is 5.82 Å². The molecule has 0 unspecified atom stereocenters. The van der Waals surface area contributed by atoms with E-state index in [1.54, 1.807) is 0 Å². The van der Waals surface area contributed by atoms with Crippen molar-refractivity contribution >= 4 is 11.7 Å². The van der Waals surface area contributed by atoms with Gasteiger partial charge >= 0.3 is 0 Å². The quantitative estimate of drug-likeness (QED) is 0.689. The van der Waals surface area contributed by atoms with Gasteiger partial charge in [-0.2, -0.15) is 0 Å². The number of aromatic nitrogens is 2. The van der Waals surface area contributed by atoms with Crippen LogP contribution in [0.5, 0.6) is 0 Å². The van der Waals surface area contributed by atoms with E-state index in [0.29, 0.717) is 11.6 Å². The summed E-state index contributed by atoms with van der Waals surface area (Å²) >= 11 is 0. The van der Waals surface area contributed by atoms with Crippen LogP contribution in [-0.4, -0.2) is 47.0 Å². The maximum atomic E-state index is 12.8. The SMILES string of the molecule is CCCN(CCC)C(=O)c1cc(N2CCC(Cc3ccccc3)CC2)ncn1. The Morgan fingerprint density at radius 3 is 2.39 bits per heavy atom. The fourth-order valence-electron chi connectivity index (χ4n) is 3.97. The zero-order valence-corrected chi connectivity index (χ0v) is 17.2. The third kappa shape index (κ3) is 5.31. The molecule has 1 amide bonds. The molecular weight excluding hydrogens is 348 g/mol. The van der Waals surface area contributed by atoms with Crippen molar-refractivity contribution in [3.05, 3.63) is 54.0 Å². The molecule has 1 saturated heterocycles. The molecule has 2 heterocycles. The van der Waals surface area contributed by atoms with E-state index in [2.05, 4.69) is 59.0 Å². The molecular formula is C23H32N4O. The van der Waals surface area contributed by atoms with Gasteiger partial charge in [0.15, 0.2) is 0 Å². The lowest BCUT2D eigenvalue weighted by Crippen LogP contribution is -2.36. The summed E-state index contributed by atoms with van der Waals surface area (Å²) in [6, 6.07) is 12.6. The topological polar surface area (TPSA) is 49.3 Å². The molecule has 0 radical (unpaired) electrons. The summed E-state index contributed by atoms with van der Waals surface area (Å²) in [7, 11) is 0. The molecule has 1 aromatic carbocycles. The number of benzene rings is 1. The van der Waals surface area contributed by atoms with Crippen LogP contribution in [0, 0.1) is 5.92 Å². The maximum absolute atomic E-state index is 12.8. The Balaban J connectivity index is 1.60. The highest BCUT2D eigenvalue weighted by atomic mass is 16.2. The Hall–Kier alpha value is -2.43. The van der Waals surface area contributed by atoms with Crippen LogP contribution in [0.2, 0.25) is 0 Å². The second-order valence-corrected chi connectivity index (χ2v) is 7.67. The number of hydrogen-bond donors (Lipinski definition) is 0. The molecule has 0 spiro atoms. The van der Waals surface area contributed by atoms with Crippen molar-refractivity contribution in [1.29, 1.82) is 0 Å². The highest BCUT2D eigenvalue weighted by Gasteiger charge is 2.22. The second-order valence-electron chi connectivity index (χ2n) is 7.67. The normalized spacial score (nSPS) is 14.9. The van der Waals surface area contributed by atoms with E-state index in [1.807, 2.05) is 11.0 Å². The molecule has 5 nitrogen and oxygen atoms in total. The minimum Gasteiger partial charge on any atom is -0.356 e. The van der Waals surface area contributed by atoms with E-state index >= 15 is 0 Å². The molecule has 2 aromatic rings. The summed E-state index contributed by atoms with van der Waals surface area (Å²) in [4.78, 5) is 25.7. The number of carbonyl (C=O) groups excluding carboxylic acids is 1. The summed E-state index contributed by atoms with van der Waals surface area (Å²) in [5.41, 5.74) is 1.93. The van der Waals surface area contributed by atoms with Crippen molar-refractivity contribution in [1.82, 2.24) is 14.9 Å². The van der Waals surface area contributed by atoms with Gasteiger partial charge < -0.3 is 9.80 Å². The number of piperidine rings is 1. The molecule has 1 aliphatic heterocycles. The standard InChI is InChI=1S/C23H32N4O/c1-3-12-27(13-4-2)23(28)21-17-22(25-18-24-21)26-14-10-20(11-15-26)16-19-8-6-5-7-9-19/h5-9,17-18,20H,3-4,10-16H2,1-2H3. The van der Waals surface area contributed by atoms with Crippen molar-refractivity contribution < 1.29 is 4.79 Å². The minimum atomic E-state index is 0.0197. The predicted octanol–water partition coefficient (Wildman–Crippen LogP) is 4.20. The molecule has 0 bridgehead atoms. The van der Waals surface area contributed by atoms with Crippen molar-refractivity contribution in [3.63, 3.8) is 0 Å². The average Bonchev–Trinajstić information content (AvgIpc) is 2.74. The molecule has 1 aromatic heterocycles. The first-order chi connectivity index (χ1) is 13.7. The number of anilines is 1. The summed E-state index contributed by atoms with van der Waals surface area (Å²) < 4.78 is 0. The largest absolute Gasteiger partial charge is 0.356 e. The molecule has 1 fully saturated rings. The van der Waals surface area contributed by atoms with Gasteiger partial charge in [0.2, 0.25) is 0 Å². The third-order valence-corrected chi connectivity index (χ3v) is 5.45. The van der Waals surface area contributed by atoms with E-state index in [0.717, 1.165) is 64.1 Å². The first-order valence-corrected chi connectivity index (χ1v) is 10.6. The fraction of sp³-hybridized carbons (Fsp3) is 0.522. The Labute approximate surface area is 168 Å². The minimum absolute atomic E-state index is 0.0197. The van der Waals surface area contributed by atoms with Crippen molar-refractivity contribution in [2.75, 3.05) is 31.1 Å². The molecule has 3 rings (SSSR count). The van der Waals surface area contributed by atoms with E-state index < -0.39 is 0 Å². The lowest BCUT2D eigenvalue weighted by molar-refractivity contribution is 0.0749. The number of amides is 1. The molecule has 0 N–H and O–H groups in total. The molecule has 5 heteroatoms. The summed E-state index contributed by atoms with van der Waals surface area (Å²) in [5, 5.41) is 0. The molecule has 1 aliphatic rings. The highest BCUT2D eigenvalue weighted by molar-refractivity contribution is 5.92. The van der Waals surface area contributed by atoms with Gasteiger partial charge in [-0.1, -0.05) is 44.2 Å². The van der Waals surface area contributed by atoms with Crippen LogP contribution in [0.15, 0.2) is 42.7 Å². The van der Waals surface area contributed by atoms with Crippen molar-refractivity contribution in [3.8, 4) is 0 Å². The summed E-state index contributed by atoms with van der Waals surface area (Å²) in [6.07, 6.45) is 6.90. The van der Waals surface area contributed by atoms with Crippen molar-refractivity contribution in [2.45, 2.75) is 46.0 Å². The molecule has 0 atom stereocenters. The van der Waals surface area contributed by atoms with Crippen LogP contribution in [-0.2, 0) is 6.42 Å². The number of carbonyl (C=O) groups is 1. The molecule has 150 valence electrons. The monoisotopic (exact) mass is 380 g/mol. The number of hydrogen-bond acceptors (Lipinski definition) is 4.